The SMILES string of the molecule is CC(C)c1nc(C2CCC(CN)CC2)n(C)n1. The molecule has 1 aromatic rings. The van der Waals surface area contributed by atoms with Crippen molar-refractivity contribution in [3.63, 3.8) is 0 Å². The minimum atomic E-state index is 0.412. The summed E-state index contributed by atoms with van der Waals surface area (Å²) in [7, 11) is 2.02. The van der Waals surface area contributed by atoms with Gasteiger partial charge in [0.05, 0.1) is 0 Å². The van der Waals surface area contributed by atoms with Crippen LogP contribution in [0.1, 0.15) is 63.0 Å². The van der Waals surface area contributed by atoms with Crippen molar-refractivity contribution in [2.45, 2.75) is 51.4 Å². The van der Waals surface area contributed by atoms with Gasteiger partial charge in [-0.2, -0.15) is 5.10 Å². The van der Waals surface area contributed by atoms with Gasteiger partial charge >= 0.3 is 0 Å². The molecule has 0 saturated heterocycles. The first-order valence-corrected chi connectivity index (χ1v) is 6.72. The molecule has 1 saturated carbocycles. The van der Waals surface area contributed by atoms with Crippen LogP contribution in [-0.4, -0.2) is 21.3 Å². The molecule has 17 heavy (non-hydrogen) atoms. The van der Waals surface area contributed by atoms with Crippen LogP contribution in [0.5, 0.6) is 0 Å². The number of hydrogen-bond acceptors (Lipinski definition) is 3. The van der Waals surface area contributed by atoms with Crippen LogP contribution in [-0.2, 0) is 7.05 Å². The molecule has 1 aliphatic rings. The summed E-state index contributed by atoms with van der Waals surface area (Å²) in [5, 5.41) is 4.51. The van der Waals surface area contributed by atoms with E-state index in [1.54, 1.807) is 0 Å². The summed E-state index contributed by atoms with van der Waals surface area (Å²) in [6, 6.07) is 0. The average molecular weight is 236 g/mol. The van der Waals surface area contributed by atoms with Gasteiger partial charge in [-0.25, -0.2) is 4.98 Å². The van der Waals surface area contributed by atoms with Crippen LogP contribution in [0.3, 0.4) is 0 Å². The average Bonchev–Trinajstić information content (AvgIpc) is 2.72. The third-order valence-corrected chi connectivity index (χ3v) is 3.87. The van der Waals surface area contributed by atoms with Gasteiger partial charge in [-0.1, -0.05) is 13.8 Å². The number of nitrogens with zero attached hydrogens (tertiary/aromatic N) is 3. The van der Waals surface area contributed by atoms with Gasteiger partial charge in [0, 0.05) is 18.9 Å². The standard InChI is InChI=1S/C13H24N4/c1-9(2)12-15-13(17(3)16-12)11-6-4-10(8-14)5-7-11/h9-11H,4-8,14H2,1-3H3. The lowest BCUT2D eigenvalue weighted by Crippen LogP contribution is -2.22. The normalized spacial score (nSPS) is 25.5. The molecular weight excluding hydrogens is 212 g/mol. The zero-order valence-electron chi connectivity index (χ0n) is 11.2. The predicted octanol–water partition coefficient (Wildman–Crippen LogP) is 2.17. The van der Waals surface area contributed by atoms with E-state index in [4.69, 9.17) is 10.7 Å². The maximum atomic E-state index is 5.73. The molecule has 0 aliphatic heterocycles. The van der Waals surface area contributed by atoms with Gasteiger partial charge in [0.2, 0.25) is 0 Å². The van der Waals surface area contributed by atoms with Crippen LogP contribution < -0.4 is 5.73 Å². The van der Waals surface area contributed by atoms with Crippen molar-refractivity contribution in [1.82, 2.24) is 14.8 Å². The van der Waals surface area contributed by atoms with Crippen molar-refractivity contribution in [2.75, 3.05) is 6.54 Å². The van der Waals surface area contributed by atoms with Gasteiger partial charge in [0.15, 0.2) is 5.82 Å². The van der Waals surface area contributed by atoms with E-state index in [1.807, 2.05) is 11.7 Å². The molecule has 1 aliphatic carbocycles. The maximum absolute atomic E-state index is 5.73. The largest absolute Gasteiger partial charge is 0.330 e. The molecule has 2 rings (SSSR count). The van der Waals surface area contributed by atoms with E-state index in [2.05, 4.69) is 18.9 Å². The second-order valence-corrected chi connectivity index (χ2v) is 5.56. The number of aromatic nitrogens is 3. The Morgan fingerprint density at radius 3 is 2.41 bits per heavy atom. The summed E-state index contributed by atoms with van der Waals surface area (Å²) in [5.74, 6) is 3.87. The van der Waals surface area contributed by atoms with E-state index in [0.717, 1.165) is 18.3 Å². The monoisotopic (exact) mass is 236 g/mol. The quantitative estimate of drug-likeness (QED) is 0.875. The van der Waals surface area contributed by atoms with E-state index in [0.29, 0.717) is 11.8 Å². The van der Waals surface area contributed by atoms with Gasteiger partial charge in [0.25, 0.3) is 0 Å². The minimum absolute atomic E-state index is 0.412. The molecule has 1 aromatic heterocycles. The third kappa shape index (κ3) is 2.68. The fourth-order valence-electron chi connectivity index (χ4n) is 2.67. The van der Waals surface area contributed by atoms with Crippen molar-refractivity contribution in [1.29, 1.82) is 0 Å². The Morgan fingerprint density at radius 2 is 1.94 bits per heavy atom. The summed E-state index contributed by atoms with van der Waals surface area (Å²) in [5.41, 5.74) is 5.73. The molecule has 0 unspecified atom stereocenters. The molecule has 4 heteroatoms. The first-order valence-electron chi connectivity index (χ1n) is 6.72. The summed E-state index contributed by atoms with van der Waals surface area (Å²) >= 11 is 0. The van der Waals surface area contributed by atoms with Crippen molar-refractivity contribution in [2.24, 2.45) is 18.7 Å². The molecule has 0 bridgehead atoms. The Hall–Kier alpha value is -0.900. The van der Waals surface area contributed by atoms with E-state index < -0.39 is 0 Å². The Bertz CT molecular complexity index is 361. The van der Waals surface area contributed by atoms with Crippen molar-refractivity contribution in [3.05, 3.63) is 11.6 Å². The first-order chi connectivity index (χ1) is 8.11. The molecule has 96 valence electrons. The van der Waals surface area contributed by atoms with Crippen LogP contribution in [0.4, 0.5) is 0 Å². The lowest BCUT2D eigenvalue weighted by molar-refractivity contribution is 0.320. The number of nitrogens with two attached hydrogens (primary N) is 1. The second kappa shape index (κ2) is 5.17. The van der Waals surface area contributed by atoms with Crippen molar-refractivity contribution < 1.29 is 0 Å². The fourth-order valence-corrected chi connectivity index (χ4v) is 2.67. The van der Waals surface area contributed by atoms with Gasteiger partial charge in [-0.3, -0.25) is 4.68 Å². The van der Waals surface area contributed by atoms with Crippen LogP contribution in [0.25, 0.3) is 0 Å². The molecule has 0 radical (unpaired) electrons. The third-order valence-electron chi connectivity index (χ3n) is 3.87. The lowest BCUT2D eigenvalue weighted by Gasteiger charge is -2.26. The van der Waals surface area contributed by atoms with Gasteiger partial charge in [0.1, 0.15) is 5.82 Å². The highest BCUT2D eigenvalue weighted by Gasteiger charge is 2.25. The summed E-state index contributed by atoms with van der Waals surface area (Å²) < 4.78 is 1.97. The Balaban J connectivity index is 2.07. The zero-order chi connectivity index (χ0) is 12.4. The Kier molecular flexibility index (Phi) is 3.82. The highest BCUT2D eigenvalue weighted by Crippen LogP contribution is 2.34. The van der Waals surface area contributed by atoms with Gasteiger partial charge < -0.3 is 5.73 Å². The van der Waals surface area contributed by atoms with Crippen LogP contribution in [0.15, 0.2) is 0 Å². The maximum Gasteiger partial charge on any atom is 0.153 e. The Morgan fingerprint density at radius 1 is 1.29 bits per heavy atom. The molecule has 0 atom stereocenters. The summed E-state index contributed by atoms with van der Waals surface area (Å²) in [4.78, 5) is 4.70. The Labute approximate surface area is 104 Å². The topological polar surface area (TPSA) is 56.7 Å². The van der Waals surface area contributed by atoms with Crippen LogP contribution in [0.2, 0.25) is 0 Å². The molecule has 0 spiro atoms. The molecule has 0 aromatic carbocycles. The highest BCUT2D eigenvalue weighted by atomic mass is 15.3. The molecule has 0 amide bonds. The summed E-state index contributed by atoms with van der Waals surface area (Å²) in [6.45, 7) is 5.12. The van der Waals surface area contributed by atoms with Gasteiger partial charge in [-0.05, 0) is 38.1 Å². The van der Waals surface area contributed by atoms with Crippen LogP contribution in [0, 0.1) is 5.92 Å². The molecule has 2 N–H and O–H groups in total. The van der Waals surface area contributed by atoms with Crippen molar-refractivity contribution >= 4 is 0 Å². The number of aryl methyl sites for hydroxylation is 1. The summed E-state index contributed by atoms with van der Waals surface area (Å²) in [6.07, 6.45) is 4.91. The van der Waals surface area contributed by atoms with Gasteiger partial charge in [-0.15, -0.1) is 0 Å². The molecular formula is C13H24N4. The second-order valence-electron chi connectivity index (χ2n) is 5.56. The fraction of sp³-hybridized carbons (Fsp3) is 0.846. The molecule has 1 fully saturated rings. The minimum Gasteiger partial charge on any atom is -0.330 e. The van der Waals surface area contributed by atoms with E-state index >= 15 is 0 Å². The molecule has 1 heterocycles. The number of hydrogen-bond donors (Lipinski definition) is 1. The predicted molar refractivity (Wildman–Crippen MR) is 68.8 cm³/mol. The van der Waals surface area contributed by atoms with Crippen molar-refractivity contribution in [3.8, 4) is 0 Å². The highest BCUT2D eigenvalue weighted by molar-refractivity contribution is 5.03. The van der Waals surface area contributed by atoms with E-state index in [-0.39, 0.29) is 0 Å². The van der Waals surface area contributed by atoms with E-state index in [1.165, 1.54) is 31.5 Å². The van der Waals surface area contributed by atoms with E-state index in [9.17, 15) is 0 Å². The smallest absolute Gasteiger partial charge is 0.153 e. The first kappa shape index (κ1) is 12.6. The number of rotatable bonds is 3. The van der Waals surface area contributed by atoms with Crippen LogP contribution >= 0.6 is 0 Å². The molecule has 4 nitrogen and oxygen atoms in total. The zero-order valence-corrected chi connectivity index (χ0v) is 11.2. The lowest BCUT2D eigenvalue weighted by atomic mass is 9.81.